The first-order valence-electron chi connectivity index (χ1n) is 7.21. The zero-order valence-corrected chi connectivity index (χ0v) is 13.6. The van der Waals surface area contributed by atoms with Crippen molar-refractivity contribution in [3.63, 3.8) is 0 Å². The Morgan fingerprint density at radius 2 is 1.36 bits per heavy atom. The van der Waals surface area contributed by atoms with Gasteiger partial charge in [0.15, 0.2) is 12.6 Å². The number of benzene rings is 2. The maximum Gasteiger partial charge on any atom is 0.272 e. The number of carbonyl (C=O) groups is 1. The van der Waals surface area contributed by atoms with Gasteiger partial charge >= 0.3 is 0 Å². The first-order valence-corrected chi connectivity index (χ1v) is 9.07. The second-order valence-electron chi connectivity index (χ2n) is 5.32. The predicted octanol–water partition coefficient (Wildman–Crippen LogP) is 3.38. The molecule has 0 atom stereocenters. The highest BCUT2D eigenvalue weighted by atomic mass is 31.2. The van der Waals surface area contributed by atoms with E-state index in [-0.39, 0.29) is 0 Å². The Hall–Kier alpha value is -2.18. The fourth-order valence-corrected chi connectivity index (χ4v) is 6.61. The van der Waals surface area contributed by atoms with Gasteiger partial charge in [0.05, 0.1) is 6.26 Å². The molecule has 2 nitrogen and oxygen atoms in total. The molecule has 0 aliphatic rings. The summed E-state index contributed by atoms with van der Waals surface area (Å²) in [6.07, 6.45) is 1.74. The molecular weight excluding hydrogens is 291 g/mol. The Balaban J connectivity index is 2.39. The molecule has 2 aromatic carbocycles. The average Bonchev–Trinajstić information content (AvgIpc) is 2.91. The van der Waals surface area contributed by atoms with Crippen LogP contribution >= 0.6 is 7.26 Å². The standard InChI is InChI=1S/C19H18O2P/c1-15-13-21-16(2)19(15)22(14-20,17-9-5-3-6-10-17)18-11-7-4-8-12-18/h3-14H,1-2H3/q+1. The summed E-state index contributed by atoms with van der Waals surface area (Å²) in [4.78, 5) is 12.4. The van der Waals surface area contributed by atoms with Gasteiger partial charge in [-0.05, 0) is 38.1 Å². The minimum Gasteiger partial charge on any atom is -0.465 e. The lowest BCUT2D eigenvalue weighted by Gasteiger charge is -2.21. The van der Waals surface area contributed by atoms with Crippen LogP contribution in [-0.4, -0.2) is 6.03 Å². The van der Waals surface area contributed by atoms with Crippen molar-refractivity contribution in [3.05, 3.63) is 78.3 Å². The molecule has 0 bridgehead atoms. The van der Waals surface area contributed by atoms with E-state index in [4.69, 9.17) is 4.42 Å². The molecule has 0 unspecified atom stereocenters. The van der Waals surface area contributed by atoms with Gasteiger partial charge in [0.25, 0.3) is 6.03 Å². The summed E-state index contributed by atoms with van der Waals surface area (Å²) in [5, 5.41) is 3.16. The minimum atomic E-state index is -2.34. The Bertz CT molecular complexity index is 717. The number of aryl methyl sites for hydroxylation is 2. The van der Waals surface area contributed by atoms with Crippen LogP contribution in [0.3, 0.4) is 0 Å². The van der Waals surface area contributed by atoms with Crippen LogP contribution in [0.4, 0.5) is 0 Å². The van der Waals surface area contributed by atoms with Gasteiger partial charge in [-0.2, -0.15) is 0 Å². The Kier molecular flexibility index (Phi) is 3.96. The van der Waals surface area contributed by atoms with Crippen molar-refractivity contribution in [1.82, 2.24) is 0 Å². The van der Waals surface area contributed by atoms with Crippen LogP contribution in [0.1, 0.15) is 11.3 Å². The normalized spacial score (nSPS) is 11.4. The van der Waals surface area contributed by atoms with Gasteiger partial charge in [-0.3, -0.25) is 4.79 Å². The van der Waals surface area contributed by atoms with Crippen LogP contribution < -0.4 is 15.9 Å². The summed E-state index contributed by atoms with van der Waals surface area (Å²) in [5.74, 6) is 0.825. The molecule has 3 rings (SSSR count). The van der Waals surface area contributed by atoms with E-state index in [2.05, 4.69) is 0 Å². The highest BCUT2D eigenvalue weighted by molar-refractivity contribution is 8.06. The van der Waals surface area contributed by atoms with Crippen LogP contribution in [0.15, 0.2) is 71.3 Å². The van der Waals surface area contributed by atoms with Gasteiger partial charge in [0.1, 0.15) is 16.4 Å². The molecule has 0 saturated heterocycles. The largest absolute Gasteiger partial charge is 0.465 e. The van der Waals surface area contributed by atoms with Crippen molar-refractivity contribution >= 4 is 29.2 Å². The van der Waals surface area contributed by atoms with Gasteiger partial charge in [-0.15, -0.1) is 0 Å². The summed E-state index contributed by atoms with van der Waals surface area (Å²) in [6.45, 7) is 3.95. The van der Waals surface area contributed by atoms with Crippen molar-refractivity contribution < 1.29 is 9.21 Å². The highest BCUT2D eigenvalue weighted by Gasteiger charge is 2.49. The summed E-state index contributed by atoms with van der Waals surface area (Å²) in [7, 11) is -2.34. The molecule has 3 heteroatoms. The van der Waals surface area contributed by atoms with E-state index in [1.807, 2.05) is 74.5 Å². The second kappa shape index (κ2) is 5.90. The third-order valence-electron chi connectivity index (χ3n) is 3.96. The summed E-state index contributed by atoms with van der Waals surface area (Å²) >= 11 is 0. The quantitative estimate of drug-likeness (QED) is 0.546. The summed E-state index contributed by atoms with van der Waals surface area (Å²) in [5.41, 5.74) is 1.03. The average molecular weight is 309 g/mol. The predicted molar refractivity (Wildman–Crippen MR) is 93.6 cm³/mol. The van der Waals surface area contributed by atoms with E-state index in [1.165, 1.54) is 0 Å². The number of carbonyl (C=O) groups excluding carboxylic acids is 1. The third-order valence-corrected chi connectivity index (χ3v) is 7.87. The Morgan fingerprint density at radius 3 is 1.73 bits per heavy atom. The molecule has 3 aromatic rings. The van der Waals surface area contributed by atoms with Gasteiger partial charge < -0.3 is 4.42 Å². The zero-order chi connectivity index (χ0) is 15.6. The van der Waals surface area contributed by atoms with Crippen molar-refractivity contribution in [3.8, 4) is 0 Å². The van der Waals surface area contributed by atoms with E-state index in [0.29, 0.717) is 0 Å². The highest BCUT2D eigenvalue weighted by Crippen LogP contribution is 2.54. The van der Waals surface area contributed by atoms with Crippen LogP contribution in [0.25, 0.3) is 0 Å². The molecule has 0 saturated carbocycles. The zero-order valence-electron chi connectivity index (χ0n) is 12.7. The topological polar surface area (TPSA) is 30.2 Å². The lowest BCUT2D eigenvalue weighted by atomic mass is 10.3. The van der Waals surface area contributed by atoms with Crippen LogP contribution in [0.2, 0.25) is 0 Å². The van der Waals surface area contributed by atoms with E-state index in [9.17, 15) is 4.79 Å². The molecule has 0 radical (unpaired) electrons. The Labute approximate surface area is 131 Å². The molecule has 0 N–H and O–H groups in total. The number of hydrogen-bond donors (Lipinski definition) is 0. The third kappa shape index (κ3) is 2.20. The van der Waals surface area contributed by atoms with Crippen molar-refractivity contribution in [2.24, 2.45) is 0 Å². The molecule has 1 aromatic heterocycles. The maximum atomic E-state index is 12.4. The molecule has 1 heterocycles. The lowest BCUT2D eigenvalue weighted by Crippen LogP contribution is -2.33. The molecule has 0 aliphatic carbocycles. The SMILES string of the molecule is Cc1coc(C)c1[P+](C=O)(c1ccccc1)c1ccccc1. The van der Waals surface area contributed by atoms with Gasteiger partial charge in [0, 0.05) is 5.56 Å². The maximum absolute atomic E-state index is 12.4. The van der Waals surface area contributed by atoms with E-state index >= 15 is 0 Å². The van der Waals surface area contributed by atoms with Crippen molar-refractivity contribution in [2.75, 3.05) is 0 Å². The van der Waals surface area contributed by atoms with Crippen LogP contribution in [0.5, 0.6) is 0 Å². The summed E-state index contributed by atoms with van der Waals surface area (Å²) < 4.78 is 5.61. The minimum absolute atomic E-state index is 0.825. The molecule has 110 valence electrons. The van der Waals surface area contributed by atoms with E-state index < -0.39 is 7.26 Å². The lowest BCUT2D eigenvalue weighted by molar-refractivity contribution is 0.535. The smallest absolute Gasteiger partial charge is 0.272 e. The Morgan fingerprint density at radius 1 is 0.864 bits per heavy atom. The first kappa shape index (κ1) is 14.7. The fourth-order valence-electron chi connectivity index (χ4n) is 3.00. The number of furan rings is 1. The monoisotopic (exact) mass is 309 g/mol. The van der Waals surface area contributed by atoms with E-state index in [0.717, 1.165) is 33.3 Å². The van der Waals surface area contributed by atoms with E-state index in [1.54, 1.807) is 6.26 Å². The second-order valence-corrected chi connectivity index (χ2v) is 8.46. The van der Waals surface area contributed by atoms with Crippen LogP contribution in [-0.2, 0) is 4.79 Å². The number of hydrogen-bond acceptors (Lipinski definition) is 2. The molecule has 0 spiro atoms. The molecular formula is C19H18O2P+. The van der Waals surface area contributed by atoms with Crippen molar-refractivity contribution in [1.29, 1.82) is 0 Å². The van der Waals surface area contributed by atoms with Gasteiger partial charge in [-0.25, -0.2) is 0 Å². The molecule has 0 amide bonds. The van der Waals surface area contributed by atoms with Crippen molar-refractivity contribution in [2.45, 2.75) is 13.8 Å². The van der Waals surface area contributed by atoms with Gasteiger partial charge in [-0.1, -0.05) is 36.4 Å². The summed E-state index contributed by atoms with van der Waals surface area (Å²) in [6, 6.07) is 21.2. The van der Waals surface area contributed by atoms with Gasteiger partial charge in [0.2, 0.25) is 0 Å². The fraction of sp³-hybridized carbons (Fsp3) is 0.105. The molecule has 22 heavy (non-hydrogen) atoms. The number of rotatable bonds is 4. The van der Waals surface area contributed by atoms with Crippen LogP contribution in [0, 0.1) is 13.8 Å². The first-order chi connectivity index (χ1) is 10.7. The molecule has 0 fully saturated rings. The molecule has 0 aliphatic heterocycles.